The van der Waals surface area contributed by atoms with Gasteiger partial charge in [0, 0.05) is 0 Å². The van der Waals surface area contributed by atoms with E-state index in [0.29, 0.717) is 0 Å². The van der Waals surface area contributed by atoms with Gasteiger partial charge in [0.1, 0.15) is 6.04 Å². The molecule has 3 N–H and O–H groups in total. The molecule has 0 radical (unpaired) electrons. The first-order chi connectivity index (χ1) is 5.97. The highest BCUT2D eigenvalue weighted by Gasteiger charge is 2.23. The van der Waals surface area contributed by atoms with Crippen LogP contribution in [0, 0.1) is 0 Å². The molecule has 0 spiro atoms. The fourth-order valence-corrected chi connectivity index (χ4v) is 0.759. The van der Waals surface area contributed by atoms with E-state index in [1.54, 1.807) is 0 Å². The Bertz CT molecular complexity index is 195. The average molecular weight is 189 g/mol. The van der Waals surface area contributed by atoms with Gasteiger partial charge in [0.2, 0.25) is 0 Å². The van der Waals surface area contributed by atoms with Gasteiger partial charge in [-0.05, 0) is 6.82 Å². The van der Waals surface area contributed by atoms with Crippen LogP contribution in [0.2, 0.25) is 6.82 Å². The van der Waals surface area contributed by atoms with Crippen molar-refractivity contribution in [3.8, 4) is 0 Å². The summed E-state index contributed by atoms with van der Waals surface area (Å²) in [6.45, 7) is 1.37. The van der Waals surface area contributed by atoms with Crippen LogP contribution in [0.15, 0.2) is 0 Å². The minimum atomic E-state index is -1.20. The number of methoxy groups -OCH3 is 1. The van der Waals surface area contributed by atoms with Crippen molar-refractivity contribution in [2.24, 2.45) is 0 Å². The summed E-state index contributed by atoms with van der Waals surface area (Å²) >= 11 is 0. The number of carbonyl (C=O) groups is 2. The Labute approximate surface area is 76.0 Å². The molecule has 1 atom stereocenters. The van der Waals surface area contributed by atoms with E-state index in [9.17, 15) is 9.59 Å². The zero-order valence-corrected chi connectivity index (χ0v) is 7.48. The van der Waals surface area contributed by atoms with Crippen molar-refractivity contribution in [3.63, 3.8) is 0 Å². The standard InChI is InChI=1S/C6H12BNO5/c1-7(12)8-4(6(10)11)3-5(9)13-2/h4,8,12H,3H2,1-2H3,(H,10,11)/t4-/m0/s1. The van der Waals surface area contributed by atoms with E-state index in [4.69, 9.17) is 10.1 Å². The summed E-state index contributed by atoms with van der Waals surface area (Å²) in [7, 11) is 0.189. The Morgan fingerprint density at radius 2 is 2.15 bits per heavy atom. The second-order valence-corrected chi connectivity index (χ2v) is 2.51. The minimum absolute atomic E-state index is 0.309. The van der Waals surface area contributed by atoms with Crippen molar-refractivity contribution in [2.45, 2.75) is 19.3 Å². The number of hydrogen-bond donors (Lipinski definition) is 3. The molecule has 0 aliphatic carbocycles. The lowest BCUT2D eigenvalue weighted by atomic mass is 9.87. The number of esters is 1. The quantitative estimate of drug-likeness (QED) is 0.367. The first kappa shape index (κ1) is 11.9. The highest BCUT2D eigenvalue weighted by atomic mass is 16.5. The van der Waals surface area contributed by atoms with Gasteiger partial charge in [-0.3, -0.25) is 9.59 Å². The summed E-state index contributed by atoms with van der Waals surface area (Å²) in [5.41, 5.74) is 0. The molecule has 6 nitrogen and oxygen atoms in total. The lowest BCUT2D eigenvalue weighted by molar-refractivity contribution is -0.147. The molecule has 0 heterocycles. The lowest BCUT2D eigenvalue weighted by Crippen LogP contribution is -2.46. The number of aliphatic carboxylic acids is 1. The summed E-state index contributed by atoms with van der Waals surface area (Å²) in [4.78, 5) is 21.2. The van der Waals surface area contributed by atoms with Crippen LogP contribution in [0.3, 0.4) is 0 Å². The van der Waals surface area contributed by atoms with Crippen LogP contribution in [0.1, 0.15) is 6.42 Å². The maximum Gasteiger partial charge on any atom is 0.374 e. The molecule has 0 bridgehead atoms. The topological polar surface area (TPSA) is 95.9 Å². The van der Waals surface area contributed by atoms with Crippen molar-refractivity contribution in [3.05, 3.63) is 0 Å². The molecular weight excluding hydrogens is 177 g/mol. The normalized spacial score (nSPS) is 11.9. The molecule has 0 unspecified atom stereocenters. The fraction of sp³-hybridized carbons (Fsp3) is 0.667. The Kier molecular flexibility index (Phi) is 5.09. The molecule has 0 saturated heterocycles. The van der Waals surface area contributed by atoms with Crippen LogP contribution in [0.4, 0.5) is 0 Å². The molecule has 0 aromatic heterocycles. The number of rotatable bonds is 5. The Morgan fingerprint density at radius 1 is 1.62 bits per heavy atom. The number of carboxylic acids is 1. The first-order valence-corrected chi connectivity index (χ1v) is 3.71. The summed E-state index contributed by atoms with van der Waals surface area (Å²) in [5.74, 6) is -1.84. The number of carbonyl (C=O) groups excluding carboxylic acids is 1. The largest absolute Gasteiger partial charge is 0.480 e. The predicted octanol–water partition coefficient (Wildman–Crippen LogP) is -1.30. The molecule has 74 valence electrons. The highest BCUT2D eigenvalue weighted by Crippen LogP contribution is 1.95. The van der Waals surface area contributed by atoms with Crippen molar-refractivity contribution in [1.82, 2.24) is 5.23 Å². The lowest BCUT2D eigenvalue weighted by Gasteiger charge is -2.12. The van der Waals surface area contributed by atoms with Crippen molar-refractivity contribution in [2.75, 3.05) is 7.11 Å². The third-order valence-electron chi connectivity index (χ3n) is 1.34. The molecule has 13 heavy (non-hydrogen) atoms. The molecule has 0 aromatic carbocycles. The van der Waals surface area contributed by atoms with E-state index in [2.05, 4.69) is 9.96 Å². The van der Waals surface area contributed by atoms with Gasteiger partial charge in [-0.1, -0.05) is 0 Å². The number of hydrogen-bond acceptors (Lipinski definition) is 5. The van der Waals surface area contributed by atoms with E-state index in [1.807, 2.05) is 0 Å². The molecule has 0 fully saturated rings. The number of ether oxygens (including phenoxy) is 1. The van der Waals surface area contributed by atoms with Crippen LogP contribution in [-0.4, -0.2) is 42.3 Å². The molecule has 0 rings (SSSR count). The molecular formula is C6H12BNO5. The molecule has 0 amide bonds. The van der Waals surface area contributed by atoms with Gasteiger partial charge in [0.15, 0.2) is 0 Å². The van der Waals surface area contributed by atoms with E-state index < -0.39 is 25.0 Å². The van der Waals surface area contributed by atoms with Crippen LogP contribution in [0.5, 0.6) is 0 Å². The summed E-state index contributed by atoms with van der Waals surface area (Å²) in [5, 5.41) is 19.7. The fourth-order valence-electron chi connectivity index (χ4n) is 0.759. The first-order valence-electron chi connectivity index (χ1n) is 3.71. The Hall–Kier alpha value is -1.08. The molecule has 0 aliphatic rings. The third-order valence-corrected chi connectivity index (χ3v) is 1.34. The van der Waals surface area contributed by atoms with Gasteiger partial charge in [0.25, 0.3) is 0 Å². The maximum absolute atomic E-state index is 10.7. The van der Waals surface area contributed by atoms with Crippen molar-refractivity contribution < 1.29 is 24.5 Å². The Balaban J connectivity index is 4.10. The second kappa shape index (κ2) is 5.55. The predicted molar refractivity (Wildman–Crippen MR) is 45.0 cm³/mol. The van der Waals surface area contributed by atoms with Crippen molar-refractivity contribution >= 4 is 19.0 Å². The molecule has 0 aliphatic heterocycles. The van der Waals surface area contributed by atoms with Gasteiger partial charge in [-0.25, -0.2) is 0 Å². The van der Waals surface area contributed by atoms with E-state index >= 15 is 0 Å². The van der Waals surface area contributed by atoms with Crippen LogP contribution < -0.4 is 5.23 Å². The zero-order valence-electron chi connectivity index (χ0n) is 7.48. The van der Waals surface area contributed by atoms with E-state index in [1.165, 1.54) is 13.9 Å². The Morgan fingerprint density at radius 3 is 2.46 bits per heavy atom. The number of carboxylic acid groups (broad SMARTS) is 1. The minimum Gasteiger partial charge on any atom is -0.480 e. The smallest absolute Gasteiger partial charge is 0.374 e. The number of nitrogens with one attached hydrogen (secondary N) is 1. The third kappa shape index (κ3) is 5.21. The molecule has 7 heteroatoms. The van der Waals surface area contributed by atoms with Crippen LogP contribution in [-0.2, 0) is 14.3 Å². The maximum atomic E-state index is 10.7. The zero-order chi connectivity index (χ0) is 10.4. The molecule has 0 aromatic rings. The van der Waals surface area contributed by atoms with E-state index in [-0.39, 0.29) is 6.42 Å². The monoisotopic (exact) mass is 189 g/mol. The average Bonchev–Trinajstić information content (AvgIpc) is 2.02. The SMILES string of the molecule is COC(=O)C[C@H](NB(C)O)C(=O)O. The second-order valence-electron chi connectivity index (χ2n) is 2.51. The summed E-state index contributed by atoms with van der Waals surface area (Å²) in [6.07, 6.45) is -0.309. The van der Waals surface area contributed by atoms with Gasteiger partial charge in [0.05, 0.1) is 13.5 Å². The van der Waals surface area contributed by atoms with Crippen LogP contribution >= 0.6 is 0 Å². The van der Waals surface area contributed by atoms with E-state index in [0.717, 1.165) is 0 Å². The van der Waals surface area contributed by atoms with Gasteiger partial charge < -0.3 is 20.1 Å². The van der Waals surface area contributed by atoms with Gasteiger partial charge in [-0.2, -0.15) is 0 Å². The summed E-state index contributed by atoms with van der Waals surface area (Å²) < 4.78 is 4.29. The summed E-state index contributed by atoms with van der Waals surface area (Å²) in [6, 6.07) is -1.12. The van der Waals surface area contributed by atoms with Gasteiger partial charge >= 0.3 is 19.0 Å². The van der Waals surface area contributed by atoms with Crippen molar-refractivity contribution in [1.29, 1.82) is 0 Å². The highest BCUT2D eigenvalue weighted by molar-refractivity contribution is 6.46. The van der Waals surface area contributed by atoms with Crippen LogP contribution in [0.25, 0.3) is 0 Å². The van der Waals surface area contributed by atoms with Gasteiger partial charge in [-0.15, -0.1) is 0 Å². The molecule has 0 saturated carbocycles.